The Morgan fingerprint density at radius 3 is 2.57 bits per heavy atom. The van der Waals surface area contributed by atoms with Crippen LogP contribution in [-0.2, 0) is 9.59 Å². The van der Waals surface area contributed by atoms with E-state index in [0.29, 0.717) is 24.3 Å². The van der Waals surface area contributed by atoms with E-state index in [1.54, 1.807) is 32.4 Å². The van der Waals surface area contributed by atoms with Crippen LogP contribution in [0.5, 0.6) is 11.5 Å². The van der Waals surface area contributed by atoms with E-state index in [-0.39, 0.29) is 18.5 Å². The van der Waals surface area contributed by atoms with Crippen LogP contribution in [0.4, 0.5) is 4.79 Å². The van der Waals surface area contributed by atoms with Gasteiger partial charge in [0.25, 0.3) is 5.91 Å². The third kappa shape index (κ3) is 3.76. The molecule has 1 heterocycles. The lowest BCUT2D eigenvalue weighted by atomic mass is 9.82. The second-order valence-corrected chi connectivity index (χ2v) is 7.36. The monoisotopic (exact) mass is 389 g/mol. The van der Waals surface area contributed by atoms with Crippen LogP contribution in [0.25, 0.3) is 0 Å². The topological polar surface area (TPSA) is 97.0 Å². The van der Waals surface area contributed by atoms with Crippen LogP contribution in [-0.4, -0.2) is 49.0 Å². The lowest BCUT2D eigenvalue weighted by Gasteiger charge is -2.30. The number of amides is 4. The summed E-state index contributed by atoms with van der Waals surface area (Å²) in [6.07, 6.45) is 4.13. The Hall–Kier alpha value is -2.77. The summed E-state index contributed by atoms with van der Waals surface area (Å²) >= 11 is 0. The highest BCUT2D eigenvalue weighted by atomic mass is 16.5. The van der Waals surface area contributed by atoms with Gasteiger partial charge in [-0.1, -0.05) is 19.3 Å². The van der Waals surface area contributed by atoms with E-state index >= 15 is 0 Å². The van der Waals surface area contributed by atoms with Crippen LogP contribution in [0.2, 0.25) is 0 Å². The van der Waals surface area contributed by atoms with Crippen molar-refractivity contribution >= 4 is 17.8 Å². The molecule has 1 aromatic rings. The summed E-state index contributed by atoms with van der Waals surface area (Å²) in [6.45, 7) is 1.51. The van der Waals surface area contributed by atoms with Crippen molar-refractivity contribution in [2.24, 2.45) is 0 Å². The van der Waals surface area contributed by atoms with Crippen molar-refractivity contribution in [1.82, 2.24) is 15.5 Å². The van der Waals surface area contributed by atoms with Crippen LogP contribution >= 0.6 is 0 Å². The minimum atomic E-state index is -0.822. The zero-order valence-corrected chi connectivity index (χ0v) is 16.5. The molecule has 1 aliphatic carbocycles. The predicted octanol–water partition coefficient (Wildman–Crippen LogP) is 2.14. The number of hydrogen-bond acceptors (Lipinski definition) is 5. The maximum Gasteiger partial charge on any atom is 0.325 e. The summed E-state index contributed by atoms with van der Waals surface area (Å²) < 4.78 is 10.6. The van der Waals surface area contributed by atoms with Crippen molar-refractivity contribution in [3.63, 3.8) is 0 Å². The number of hydrogen-bond donors (Lipinski definition) is 2. The first-order valence-corrected chi connectivity index (χ1v) is 9.55. The van der Waals surface area contributed by atoms with Crippen molar-refractivity contribution in [2.45, 2.75) is 50.6 Å². The fourth-order valence-electron chi connectivity index (χ4n) is 4.00. The highest BCUT2D eigenvalue weighted by Gasteiger charge is 2.51. The molecule has 152 valence electrons. The van der Waals surface area contributed by atoms with Crippen LogP contribution in [0.1, 0.15) is 50.6 Å². The number of nitrogens with one attached hydrogen (secondary N) is 2. The molecule has 0 radical (unpaired) electrons. The molecule has 1 aromatic carbocycles. The van der Waals surface area contributed by atoms with Crippen LogP contribution in [0, 0.1) is 0 Å². The van der Waals surface area contributed by atoms with Gasteiger partial charge in [-0.2, -0.15) is 0 Å². The van der Waals surface area contributed by atoms with Gasteiger partial charge in [0.2, 0.25) is 5.91 Å². The summed E-state index contributed by atoms with van der Waals surface area (Å²) in [5.74, 6) is 0.558. The standard InChI is InChI=1S/C20H27N3O5/c1-13(15-11-14(27-2)7-8-16(15)28-3)21-17(24)12-23-18(25)20(22-19(23)26)9-5-4-6-10-20/h7-8,11,13H,4-6,9-10,12H2,1-3H3,(H,21,24)(H,22,26)/t13-/m0/s1. The molecule has 1 saturated heterocycles. The number of carbonyl (C=O) groups is 3. The molecule has 28 heavy (non-hydrogen) atoms. The molecule has 2 fully saturated rings. The van der Waals surface area contributed by atoms with Crippen molar-refractivity contribution in [2.75, 3.05) is 20.8 Å². The van der Waals surface area contributed by atoms with E-state index in [9.17, 15) is 14.4 Å². The number of carbonyl (C=O) groups excluding carboxylic acids is 3. The largest absolute Gasteiger partial charge is 0.497 e. The van der Waals surface area contributed by atoms with Gasteiger partial charge in [-0.15, -0.1) is 0 Å². The molecule has 4 amide bonds. The molecule has 1 saturated carbocycles. The van der Waals surface area contributed by atoms with Gasteiger partial charge in [0.15, 0.2) is 0 Å². The third-order valence-corrected chi connectivity index (χ3v) is 5.54. The molecule has 0 unspecified atom stereocenters. The average molecular weight is 389 g/mol. The highest BCUT2D eigenvalue weighted by Crippen LogP contribution is 2.34. The lowest BCUT2D eigenvalue weighted by molar-refractivity contribution is -0.136. The fraction of sp³-hybridized carbons (Fsp3) is 0.550. The molecule has 0 bridgehead atoms. The molecule has 3 rings (SSSR count). The minimum Gasteiger partial charge on any atom is -0.497 e. The van der Waals surface area contributed by atoms with E-state index in [2.05, 4.69) is 10.6 Å². The van der Waals surface area contributed by atoms with Crippen molar-refractivity contribution in [3.8, 4) is 11.5 Å². The predicted molar refractivity (Wildman–Crippen MR) is 102 cm³/mol. The first kappa shape index (κ1) is 20.0. The summed E-state index contributed by atoms with van der Waals surface area (Å²) in [4.78, 5) is 38.7. The average Bonchev–Trinajstić information content (AvgIpc) is 2.91. The lowest BCUT2D eigenvalue weighted by Crippen LogP contribution is -2.49. The Morgan fingerprint density at radius 2 is 1.93 bits per heavy atom. The van der Waals surface area contributed by atoms with Gasteiger partial charge < -0.3 is 20.1 Å². The molecule has 2 aliphatic rings. The summed E-state index contributed by atoms with van der Waals surface area (Å²) in [6, 6.07) is 4.44. The van der Waals surface area contributed by atoms with Gasteiger partial charge in [-0.25, -0.2) is 4.79 Å². The van der Waals surface area contributed by atoms with E-state index in [4.69, 9.17) is 9.47 Å². The van der Waals surface area contributed by atoms with Gasteiger partial charge in [0, 0.05) is 5.56 Å². The number of methoxy groups -OCH3 is 2. The normalized spacial score (nSPS) is 19.3. The zero-order chi connectivity index (χ0) is 20.3. The van der Waals surface area contributed by atoms with Gasteiger partial charge in [0.05, 0.1) is 20.3 Å². The first-order valence-electron chi connectivity index (χ1n) is 9.55. The summed E-state index contributed by atoms with van der Waals surface area (Å²) in [5, 5.41) is 5.65. The fourth-order valence-corrected chi connectivity index (χ4v) is 4.00. The first-order chi connectivity index (χ1) is 13.4. The Labute approximate surface area is 164 Å². The summed E-state index contributed by atoms with van der Waals surface area (Å²) in [5.41, 5.74) is -0.0757. The van der Waals surface area contributed by atoms with Crippen molar-refractivity contribution in [3.05, 3.63) is 23.8 Å². The molecule has 1 spiro atoms. The second kappa shape index (κ2) is 8.08. The van der Waals surface area contributed by atoms with E-state index < -0.39 is 17.5 Å². The molecule has 8 heteroatoms. The maximum atomic E-state index is 12.8. The highest BCUT2D eigenvalue weighted by molar-refractivity contribution is 6.09. The molecule has 0 aromatic heterocycles. The number of benzene rings is 1. The maximum absolute atomic E-state index is 12.8. The van der Waals surface area contributed by atoms with Gasteiger partial charge in [-0.05, 0) is 38.0 Å². The van der Waals surface area contributed by atoms with E-state index in [0.717, 1.165) is 29.7 Å². The van der Waals surface area contributed by atoms with Crippen molar-refractivity contribution in [1.29, 1.82) is 0 Å². The van der Waals surface area contributed by atoms with Crippen molar-refractivity contribution < 1.29 is 23.9 Å². The number of nitrogens with zero attached hydrogens (tertiary/aromatic N) is 1. The minimum absolute atomic E-state index is 0.293. The molecular formula is C20H27N3O5. The number of ether oxygens (including phenoxy) is 2. The SMILES string of the molecule is COc1ccc(OC)c([C@H](C)NC(=O)CN2C(=O)NC3(CCCCC3)C2=O)c1. The smallest absolute Gasteiger partial charge is 0.325 e. The molecule has 1 aliphatic heterocycles. The third-order valence-electron chi connectivity index (χ3n) is 5.54. The molecule has 8 nitrogen and oxygen atoms in total. The quantitative estimate of drug-likeness (QED) is 0.727. The van der Waals surface area contributed by atoms with E-state index in [1.807, 2.05) is 6.92 Å². The van der Waals surface area contributed by atoms with E-state index in [1.165, 1.54) is 0 Å². The number of imide groups is 1. The molecular weight excluding hydrogens is 362 g/mol. The Bertz CT molecular complexity index is 773. The van der Waals surface area contributed by atoms with Gasteiger partial charge in [0.1, 0.15) is 23.6 Å². The van der Waals surface area contributed by atoms with Crippen LogP contribution in [0.3, 0.4) is 0 Å². The Morgan fingerprint density at radius 1 is 1.21 bits per heavy atom. The molecule has 1 atom stereocenters. The van der Waals surface area contributed by atoms with Gasteiger partial charge in [-0.3, -0.25) is 14.5 Å². The number of urea groups is 1. The van der Waals surface area contributed by atoms with Crippen LogP contribution < -0.4 is 20.1 Å². The van der Waals surface area contributed by atoms with Crippen LogP contribution in [0.15, 0.2) is 18.2 Å². The van der Waals surface area contributed by atoms with Gasteiger partial charge >= 0.3 is 6.03 Å². The zero-order valence-electron chi connectivity index (χ0n) is 16.5. The Kier molecular flexibility index (Phi) is 5.76. The molecule has 2 N–H and O–H groups in total. The number of rotatable bonds is 6. The Balaban J connectivity index is 1.67. The second-order valence-electron chi connectivity index (χ2n) is 7.36. The summed E-state index contributed by atoms with van der Waals surface area (Å²) in [7, 11) is 3.12.